The zero-order chi connectivity index (χ0) is 15.4. The zero-order valence-electron chi connectivity index (χ0n) is 12.5. The summed E-state index contributed by atoms with van der Waals surface area (Å²) in [6, 6.07) is 13.2. The molecule has 2 aromatic rings. The second-order valence-electron chi connectivity index (χ2n) is 5.35. The van der Waals surface area contributed by atoms with Crippen LogP contribution in [-0.4, -0.2) is 11.9 Å². The molecule has 0 saturated carbocycles. The summed E-state index contributed by atoms with van der Waals surface area (Å²) >= 11 is 0. The summed E-state index contributed by atoms with van der Waals surface area (Å²) in [6.07, 6.45) is -0.611. The van der Waals surface area contributed by atoms with E-state index in [1.807, 2.05) is 24.3 Å². The van der Waals surface area contributed by atoms with Crippen molar-refractivity contribution in [3.8, 4) is 5.75 Å². The minimum Gasteiger partial charge on any atom is -0.483 e. The van der Waals surface area contributed by atoms with Crippen molar-refractivity contribution in [3.05, 3.63) is 65.5 Å². The van der Waals surface area contributed by atoms with Gasteiger partial charge < -0.3 is 4.74 Å². The lowest BCUT2D eigenvalue weighted by Gasteiger charge is -2.14. The first kappa shape index (κ1) is 15.2. The molecule has 2 nitrogen and oxygen atoms in total. The number of ether oxygens (including phenoxy) is 1. The maximum Gasteiger partial charge on any atom is 0.202 e. The number of benzene rings is 2. The molecule has 0 amide bonds. The van der Waals surface area contributed by atoms with Crippen molar-refractivity contribution in [1.82, 2.24) is 0 Å². The molecule has 3 heteroatoms. The zero-order valence-corrected chi connectivity index (χ0v) is 12.5. The number of hydrogen-bond donors (Lipinski definition) is 0. The van der Waals surface area contributed by atoms with Gasteiger partial charge in [0.05, 0.1) is 0 Å². The van der Waals surface area contributed by atoms with Crippen LogP contribution in [0.25, 0.3) is 0 Å². The fourth-order valence-corrected chi connectivity index (χ4v) is 2.04. The molecule has 0 bridgehead atoms. The third-order valence-corrected chi connectivity index (χ3v) is 3.36. The molecule has 2 rings (SSSR count). The van der Waals surface area contributed by atoms with Gasteiger partial charge >= 0.3 is 0 Å². The first-order valence-electron chi connectivity index (χ1n) is 7.04. The molecule has 0 N–H and O–H groups in total. The fourth-order valence-electron chi connectivity index (χ4n) is 2.04. The molecule has 21 heavy (non-hydrogen) atoms. The Hall–Kier alpha value is -2.16. The third kappa shape index (κ3) is 3.91. The summed E-state index contributed by atoms with van der Waals surface area (Å²) in [5.74, 6) is 0.590. The van der Waals surface area contributed by atoms with Crippen molar-refractivity contribution in [2.24, 2.45) is 0 Å². The van der Waals surface area contributed by atoms with Crippen LogP contribution in [0.4, 0.5) is 4.39 Å². The van der Waals surface area contributed by atoms with Gasteiger partial charge in [-0.05, 0) is 54.8 Å². The van der Waals surface area contributed by atoms with Crippen LogP contribution in [0.2, 0.25) is 0 Å². The van der Waals surface area contributed by atoms with Gasteiger partial charge in [0.1, 0.15) is 11.6 Å². The second-order valence-corrected chi connectivity index (χ2v) is 5.35. The number of hydrogen-bond acceptors (Lipinski definition) is 2. The maximum atomic E-state index is 12.9. The van der Waals surface area contributed by atoms with Crippen molar-refractivity contribution in [3.63, 3.8) is 0 Å². The smallest absolute Gasteiger partial charge is 0.202 e. The van der Waals surface area contributed by atoms with Crippen LogP contribution in [0.15, 0.2) is 48.5 Å². The van der Waals surface area contributed by atoms with Gasteiger partial charge in [0.2, 0.25) is 5.78 Å². The van der Waals surface area contributed by atoms with Crippen LogP contribution in [-0.2, 0) is 0 Å². The van der Waals surface area contributed by atoms with Crippen molar-refractivity contribution in [1.29, 1.82) is 0 Å². The van der Waals surface area contributed by atoms with E-state index in [9.17, 15) is 9.18 Å². The van der Waals surface area contributed by atoms with Gasteiger partial charge in [-0.2, -0.15) is 0 Å². The minimum absolute atomic E-state index is 0.164. The van der Waals surface area contributed by atoms with Gasteiger partial charge in [-0.15, -0.1) is 0 Å². The van der Waals surface area contributed by atoms with E-state index in [0.29, 0.717) is 17.2 Å². The lowest BCUT2D eigenvalue weighted by Crippen LogP contribution is -2.23. The second kappa shape index (κ2) is 6.53. The van der Waals surface area contributed by atoms with Crippen molar-refractivity contribution in [2.45, 2.75) is 32.8 Å². The predicted molar refractivity (Wildman–Crippen MR) is 81.4 cm³/mol. The van der Waals surface area contributed by atoms with Gasteiger partial charge in [-0.1, -0.05) is 26.0 Å². The molecule has 0 fully saturated rings. The van der Waals surface area contributed by atoms with E-state index < -0.39 is 6.10 Å². The summed E-state index contributed by atoms with van der Waals surface area (Å²) in [5, 5.41) is 0. The number of carbonyl (C=O) groups excluding carboxylic acids is 1. The molecule has 0 spiro atoms. The van der Waals surface area contributed by atoms with E-state index >= 15 is 0 Å². The summed E-state index contributed by atoms with van der Waals surface area (Å²) in [7, 11) is 0. The molecule has 1 atom stereocenters. The van der Waals surface area contributed by atoms with Gasteiger partial charge in [0.15, 0.2) is 6.10 Å². The average Bonchev–Trinajstić information content (AvgIpc) is 2.47. The van der Waals surface area contributed by atoms with E-state index in [1.165, 1.54) is 29.8 Å². The quantitative estimate of drug-likeness (QED) is 0.751. The molecule has 0 radical (unpaired) electrons. The number of rotatable bonds is 5. The third-order valence-electron chi connectivity index (χ3n) is 3.36. The first-order valence-corrected chi connectivity index (χ1v) is 7.04. The van der Waals surface area contributed by atoms with E-state index in [0.717, 1.165) is 0 Å². The Bertz CT molecular complexity index is 600. The first-order chi connectivity index (χ1) is 9.97. The summed E-state index contributed by atoms with van der Waals surface area (Å²) in [4.78, 5) is 12.2. The number of Topliss-reactive ketones (excluding diaryl/α,β-unsaturated/α-hetero) is 1. The number of ketones is 1. The Morgan fingerprint density at radius 3 is 2.05 bits per heavy atom. The van der Waals surface area contributed by atoms with E-state index in [2.05, 4.69) is 13.8 Å². The maximum absolute atomic E-state index is 12.9. The monoisotopic (exact) mass is 286 g/mol. The van der Waals surface area contributed by atoms with Crippen LogP contribution in [0.3, 0.4) is 0 Å². The molecule has 110 valence electrons. The van der Waals surface area contributed by atoms with Crippen LogP contribution < -0.4 is 4.74 Å². The molecule has 0 aliphatic rings. The van der Waals surface area contributed by atoms with Crippen LogP contribution in [0, 0.1) is 5.82 Å². The van der Waals surface area contributed by atoms with Gasteiger partial charge in [-0.25, -0.2) is 4.39 Å². The number of carbonyl (C=O) groups is 1. The lowest BCUT2D eigenvalue weighted by molar-refractivity contribution is 0.0818. The molecule has 0 saturated heterocycles. The van der Waals surface area contributed by atoms with Crippen molar-refractivity contribution in [2.75, 3.05) is 0 Å². The van der Waals surface area contributed by atoms with E-state index in [4.69, 9.17) is 4.74 Å². The Morgan fingerprint density at radius 2 is 1.52 bits per heavy atom. The predicted octanol–water partition coefficient (Wildman–Crippen LogP) is 4.60. The molecule has 0 aliphatic heterocycles. The van der Waals surface area contributed by atoms with Gasteiger partial charge in [-0.3, -0.25) is 4.79 Å². The molecule has 2 aromatic carbocycles. The standard InChI is InChI=1S/C18H19FO2/c1-12(2)14-6-10-17(11-7-14)21-13(3)18(20)15-4-8-16(19)9-5-15/h4-13H,1-3H3. The summed E-state index contributed by atoms with van der Waals surface area (Å²) < 4.78 is 18.5. The highest BCUT2D eigenvalue weighted by Gasteiger charge is 2.17. The van der Waals surface area contributed by atoms with E-state index in [1.54, 1.807) is 6.92 Å². The Morgan fingerprint density at radius 1 is 0.952 bits per heavy atom. The van der Waals surface area contributed by atoms with Crippen LogP contribution in [0.5, 0.6) is 5.75 Å². The lowest BCUT2D eigenvalue weighted by atomic mass is 10.0. The largest absolute Gasteiger partial charge is 0.483 e. The normalized spacial score (nSPS) is 12.2. The topological polar surface area (TPSA) is 26.3 Å². The fraction of sp³-hybridized carbons (Fsp3) is 0.278. The highest BCUT2D eigenvalue weighted by molar-refractivity contribution is 5.99. The molecule has 0 aliphatic carbocycles. The van der Waals surface area contributed by atoms with Gasteiger partial charge in [0, 0.05) is 5.56 Å². The highest BCUT2D eigenvalue weighted by atomic mass is 19.1. The van der Waals surface area contributed by atoms with Gasteiger partial charge in [0.25, 0.3) is 0 Å². The molecular weight excluding hydrogens is 267 g/mol. The van der Waals surface area contributed by atoms with Crippen LogP contribution in [0.1, 0.15) is 42.6 Å². The minimum atomic E-state index is -0.611. The molecular formula is C18H19FO2. The van der Waals surface area contributed by atoms with Crippen LogP contribution >= 0.6 is 0 Å². The Balaban J connectivity index is 2.05. The molecule has 0 heterocycles. The Labute approximate surface area is 124 Å². The molecule has 0 aromatic heterocycles. The average molecular weight is 286 g/mol. The number of halogens is 1. The molecule has 1 unspecified atom stereocenters. The van der Waals surface area contributed by atoms with Crippen molar-refractivity contribution < 1.29 is 13.9 Å². The van der Waals surface area contributed by atoms with E-state index in [-0.39, 0.29) is 11.6 Å². The SMILES string of the molecule is CC(Oc1ccc(C(C)C)cc1)C(=O)c1ccc(F)cc1. The summed E-state index contributed by atoms with van der Waals surface area (Å²) in [5.41, 5.74) is 1.67. The highest BCUT2D eigenvalue weighted by Crippen LogP contribution is 2.20. The summed E-state index contributed by atoms with van der Waals surface area (Å²) in [6.45, 7) is 5.94. The van der Waals surface area contributed by atoms with Crippen molar-refractivity contribution >= 4 is 5.78 Å². The Kier molecular flexibility index (Phi) is 4.73.